The van der Waals surface area contributed by atoms with Crippen molar-refractivity contribution in [1.29, 1.82) is 0 Å². The van der Waals surface area contributed by atoms with E-state index in [4.69, 9.17) is 37.0 Å². The second kappa shape index (κ2) is 72.0. The number of rotatable bonds is 76. The number of esters is 4. The lowest BCUT2D eigenvalue weighted by atomic mass is 9.99. The van der Waals surface area contributed by atoms with Gasteiger partial charge in [-0.25, -0.2) is 9.13 Å². The summed E-state index contributed by atoms with van der Waals surface area (Å²) in [5, 5.41) is 10.6. The lowest BCUT2D eigenvalue weighted by Gasteiger charge is -2.21. The molecule has 580 valence electrons. The molecule has 0 fully saturated rings. The van der Waals surface area contributed by atoms with E-state index in [0.29, 0.717) is 25.7 Å². The van der Waals surface area contributed by atoms with Crippen LogP contribution in [-0.4, -0.2) is 96.7 Å². The van der Waals surface area contributed by atoms with Gasteiger partial charge < -0.3 is 33.8 Å². The highest BCUT2D eigenvalue weighted by atomic mass is 31.2. The molecule has 0 saturated heterocycles. The summed E-state index contributed by atoms with van der Waals surface area (Å²) < 4.78 is 68.4. The van der Waals surface area contributed by atoms with Crippen molar-refractivity contribution in [3.05, 3.63) is 48.6 Å². The zero-order chi connectivity index (χ0) is 72.7. The first-order chi connectivity index (χ1) is 48.1. The highest BCUT2D eigenvalue weighted by molar-refractivity contribution is 7.47. The first-order valence-corrected chi connectivity index (χ1v) is 43.3. The van der Waals surface area contributed by atoms with E-state index in [1.54, 1.807) is 0 Å². The van der Waals surface area contributed by atoms with Crippen LogP contribution in [0.25, 0.3) is 0 Å². The van der Waals surface area contributed by atoms with E-state index in [0.717, 1.165) is 141 Å². The van der Waals surface area contributed by atoms with Crippen LogP contribution in [0.4, 0.5) is 0 Å². The van der Waals surface area contributed by atoms with Gasteiger partial charge in [0.15, 0.2) is 12.2 Å². The molecule has 0 aliphatic heterocycles. The Balaban J connectivity index is 5.22. The van der Waals surface area contributed by atoms with Gasteiger partial charge in [0.05, 0.1) is 26.4 Å². The van der Waals surface area contributed by atoms with Gasteiger partial charge in [-0.2, -0.15) is 0 Å². The van der Waals surface area contributed by atoms with E-state index >= 15 is 0 Å². The SMILES string of the molecule is CCCCCC/C=C\C=C/CCCCCCCC(=O)OC[C@H](COP(=O)(O)OC[C@@H](O)COP(=O)(O)OC[C@@H](COC(=O)CCCCCCCCC)OC(=O)CCCCCCC/C=C\C=C/CCCCCC)OC(=O)CCCCCCCCCCCCCCCCCCCCC(C)CC. The number of carbonyl (C=O) groups is 4. The second-order valence-electron chi connectivity index (χ2n) is 27.7. The van der Waals surface area contributed by atoms with Gasteiger partial charge in [0, 0.05) is 25.7 Å². The monoisotopic (exact) mass is 1440 g/mol. The van der Waals surface area contributed by atoms with E-state index in [9.17, 15) is 43.2 Å². The number of hydrogen-bond donors (Lipinski definition) is 3. The highest BCUT2D eigenvalue weighted by Crippen LogP contribution is 2.45. The molecular formula is C80H148O17P2. The van der Waals surface area contributed by atoms with Gasteiger partial charge in [0.1, 0.15) is 19.3 Å². The lowest BCUT2D eigenvalue weighted by molar-refractivity contribution is -0.161. The maximum atomic E-state index is 13.1. The van der Waals surface area contributed by atoms with Crippen molar-refractivity contribution in [2.75, 3.05) is 39.6 Å². The van der Waals surface area contributed by atoms with E-state index < -0.39 is 97.5 Å². The summed E-state index contributed by atoms with van der Waals surface area (Å²) >= 11 is 0. The first-order valence-electron chi connectivity index (χ1n) is 40.3. The molecule has 0 spiro atoms. The third-order valence-electron chi connectivity index (χ3n) is 17.9. The smallest absolute Gasteiger partial charge is 0.462 e. The van der Waals surface area contributed by atoms with Gasteiger partial charge in [-0.05, 0) is 83.0 Å². The number of phosphoric acid groups is 2. The lowest BCUT2D eigenvalue weighted by Crippen LogP contribution is -2.30. The van der Waals surface area contributed by atoms with Crippen LogP contribution < -0.4 is 0 Å². The third kappa shape index (κ3) is 71.8. The molecule has 6 atom stereocenters. The van der Waals surface area contributed by atoms with Crippen molar-refractivity contribution in [3.8, 4) is 0 Å². The Kier molecular flexibility index (Phi) is 69.8. The average Bonchev–Trinajstić information content (AvgIpc) is 0.982. The fourth-order valence-electron chi connectivity index (χ4n) is 11.3. The number of allylic oxidation sites excluding steroid dienone is 8. The fraction of sp³-hybridized carbons (Fsp3) is 0.850. The zero-order valence-electron chi connectivity index (χ0n) is 63.6. The van der Waals surface area contributed by atoms with Crippen LogP contribution in [0, 0.1) is 5.92 Å². The standard InChI is InChI=1S/C80H148O17P2/c1-6-10-13-16-19-21-23-25-31-36-40-44-49-54-59-64-78(83)91-70-76(97-80(85)66-61-56-51-46-42-38-34-30-28-27-29-33-35-39-43-48-52-57-62-73(5)9-4)72-95-99(88,89)93-68-74(81)67-92-98(86,87)94-71-75(69-90-77(82)63-58-53-47-18-15-12-8-3)96-79(84)65-60-55-50-45-41-37-32-26-24-22-20-17-14-11-7-2/h21-26,31-32,73-76,81H,6-20,27-30,33-72H2,1-5H3,(H,86,87)(H,88,89)/b23-21-,24-22-,31-25-,32-26-/t73?,74-,75+,76+/m0/s1. The molecule has 3 unspecified atom stereocenters. The Bertz CT molecular complexity index is 2080. The Morgan fingerprint density at radius 2 is 0.566 bits per heavy atom. The third-order valence-corrected chi connectivity index (χ3v) is 19.8. The molecule has 19 heteroatoms. The highest BCUT2D eigenvalue weighted by Gasteiger charge is 2.30. The molecule has 3 N–H and O–H groups in total. The largest absolute Gasteiger partial charge is 0.472 e. The maximum absolute atomic E-state index is 13.1. The summed E-state index contributed by atoms with van der Waals surface area (Å²) in [6.45, 7) is 7.20. The molecule has 0 radical (unpaired) electrons. The number of aliphatic hydroxyl groups excluding tert-OH is 1. The van der Waals surface area contributed by atoms with Crippen LogP contribution in [-0.2, 0) is 65.4 Å². The molecule has 17 nitrogen and oxygen atoms in total. The molecule has 0 aliphatic rings. The van der Waals surface area contributed by atoms with Crippen LogP contribution in [0.15, 0.2) is 48.6 Å². The molecule has 0 rings (SSSR count). The normalized spacial score (nSPS) is 14.5. The summed E-state index contributed by atoms with van der Waals surface area (Å²) in [5.74, 6) is -1.31. The van der Waals surface area contributed by atoms with Gasteiger partial charge >= 0.3 is 39.5 Å². The van der Waals surface area contributed by atoms with E-state index in [2.05, 4.69) is 83.2 Å². The van der Waals surface area contributed by atoms with Crippen LogP contribution >= 0.6 is 15.6 Å². The van der Waals surface area contributed by atoms with Crippen LogP contribution in [0.5, 0.6) is 0 Å². The average molecular weight is 1440 g/mol. The first kappa shape index (κ1) is 96.0. The van der Waals surface area contributed by atoms with Gasteiger partial charge in [0.2, 0.25) is 0 Å². The van der Waals surface area contributed by atoms with Crippen molar-refractivity contribution in [2.24, 2.45) is 5.92 Å². The Hall–Kier alpha value is -2.98. The molecule has 0 heterocycles. The Morgan fingerprint density at radius 3 is 0.859 bits per heavy atom. The topological polar surface area (TPSA) is 237 Å². The number of ether oxygens (including phenoxy) is 4. The molecule has 0 aromatic rings. The van der Waals surface area contributed by atoms with Crippen molar-refractivity contribution < 1.29 is 80.2 Å². The van der Waals surface area contributed by atoms with Crippen molar-refractivity contribution in [1.82, 2.24) is 0 Å². The number of hydrogen-bond acceptors (Lipinski definition) is 15. The fourth-order valence-corrected chi connectivity index (χ4v) is 12.9. The predicted octanol–water partition coefficient (Wildman–Crippen LogP) is 23.1. The molecule has 0 saturated carbocycles. The number of unbranched alkanes of at least 4 members (excludes halogenated alkanes) is 41. The molecule has 0 amide bonds. The summed E-state index contributed by atoms with van der Waals surface area (Å²) in [5.41, 5.74) is 0. The van der Waals surface area contributed by atoms with E-state index in [-0.39, 0.29) is 25.7 Å². The molecule has 0 aromatic carbocycles. The minimum atomic E-state index is -4.97. The number of phosphoric ester groups is 2. The van der Waals surface area contributed by atoms with Crippen molar-refractivity contribution in [2.45, 2.75) is 393 Å². The minimum absolute atomic E-state index is 0.0825. The molecular weight excluding hydrogens is 1290 g/mol. The van der Waals surface area contributed by atoms with Crippen LogP contribution in [0.3, 0.4) is 0 Å². The summed E-state index contributed by atoms with van der Waals surface area (Å²) in [6.07, 6.45) is 68.4. The van der Waals surface area contributed by atoms with Gasteiger partial charge in [-0.15, -0.1) is 0 Å². The minimum Gasteiger partial charge on any atom is -0.462 e. The second-order valence-corrected chi connectivity index (χ2v) is 30.6. The Labute approximate surface area is 604 Å². The molecule has 0 aromatic heterocycles. The van der Waals surface area contributed by atoms with E-state index in [1.165, 1.54) is 154 Å². The Morgan fingerprint density at radius 1 is 0.323 bits per heavy atom. The number of aliphatic hydroxyl groups is 1. The zero-order valence-corrected chi connectivity index (χ0v) is 65.4. The molecule has 99 heavy (non-hydrogen) atoms. The summed E-state index contributed by atoms with van der Waals surface area (Å²) in [4.78, 5) is 72.7. The van der Waals surface area contributed by atoms with Gasteiger partial charge in [0.25, 0.3) is 0 Å². The van der Waals surface area contributed by atoms with Gasteiger partial charge in [-0.1, -0.05) is 321 Å². The van der Waals surface area contributed by atoms with Crippen molar-refractivity contribution in [3.63, 3.8) is 0 Å². The van der Waals surface area contributed by atoms with Crippen LogP contribution in [0.1, 0.15) is 375 Å². The quantitative estimate of drug-likeness (QED) is 0.0169. The van der Waals surface area contributed by atoms with Crippen molar-refractivity contribution >= 4 is 39.5 Å². The maximum Gasteiger partial charge on any atom is 0.472 e. The summed E-state index contributed by atoms with van der Waals surface area (Å²) in [6, 6.07) is 0. The number of carbonyl (C=O) groups excluding carboxylic acids is 4. The predicted molar refractivity (Wildman–Crippen MR) is 404 cm³/mol. The van der Waals surface area contributed by atoms with Gasteiger partial charge in [-0.3, -0.25) is 37.3 Å². The summed E-state index contributed by atoms with van der Waals surface area (Å²) in [7, 11) is -9.93. The molecule has 0 aliphatic carbocycles. The van der Waals surface area contributed by atoms with Crippen LogP contribution in [0.2, 0.25) is 0 Å². The molecule has 0 bridgehead atoms. The van der Waals surface area contributed by atoms with E-state index in [1.807, 2.05) is 0 Å².